The van der Waals surface area contributed by atoms with E-state index in [9.17, 15) is 15.0 Å². The molecule has 0 heterocycles. The van der Waals surface area contributed by atoms with Crippen molar-refractivity contribution < 1.29 is 15.0 Å². The summed E-state index contributed by atoms with van der Waals surface area (Å²) in [5.41, 5.74) is 11.9. The Bertz CT molecular complexity index is 382. The summed E-state index contributed by atoms with van der Waals surface area (Å²) >= 11 is 0. The average molecular weight is 238 g/mol. The molecule has 17 heavy (non-hydrogen) atoms. The Labute approximate surface area is 100 Å². The van der Waals surface area contributed by atoms with Crippen molar-refractivity contribution in [1.29, 1.82) is 0 Å². The molecule has 1 amide bonds. The number of nitrogens with two attached hydrogens (primary N) is 2. The Morgan fingerprint density at radius 2 is 1.94 bits per heavy atom. The van der Waals surface area contributed by atoms with Gasteiger partial charge in [0, 0.05) is 0 Å². The number of aliphatic hydroxyl groups excluding tert-OH is 2. The van der Waals surface area contributed by atoms with Gasteiger partial charge in [-0.3, -0.25) is 4.79 Å². The topological polar surface area (TPSA) is 110 Å². The van der Waals surface area contributed by atoms with Crippen LogP contribution in [-0.2, 0) is 11.2 Å². The molecular weight excluding hydrogens is 220 g/mol. The van der Waals surface area contributed by atoms with Gasteiger partial charge in [-0.15, -0.1) is 0 Å². The molecular formula is C12H18N2O3. The first kappa shape index (κ1) is 13.6. The summed E-state index contributed by atoms with van der Waals surface area (Å²) in [5, 5.41) is 19.6. The van der Waals surface area contributed by atoms with Crippen LogP contribution in [0.4, 0.5) is 0 Å². The number of rotatable bonds is 6. The van der Waals surface area contributed by atoms with Crippen LogP contribution in [0.25, 0.3) is 0 Å². The Balaban J connectivity index is 2.86. The van der Waals surface area contributed by atoms with Crippen LogP contribution >= 0.6 is 0 Å². The van der Waals surface area contributed by atoms with E-state index in [0.717, 1.165) is 5.56 Å². The summed E-state index contributed by atoms with van der Waals surface area (Å²) in [6.45, 7) is 0.454. The lowest BCUT2D eigenvalue weighted by atomic mass is 9.95. The zero-order valence-corrected chi connectivity index (χ0v) is 9.54. The quantitative estimate of drug-likeness (QED) is 0.533. The Morgan fingerprint density at radius 3 is 2.53 bits per heavy atom. The van der Waals surface area contributed by atoms with Crippen LogP contribution in [-0.4, -0.2) is 28.8 Å². The minimum Gasteiger partial charge on any atom is -0.390 e. The van der Waals surface area contributed by atoms with Crippen LogP contribution in [0, 0.1) is 0 Å². The van der Waals surface area contributed by atoms with Gasteiger partial charge in [0.25, 0.3) is 0 Å². The second kappa shape index (κ2) is 6.34. The maximum atomic E-state index is 10.7. The largest absolute Gasteiger partial charge is 0.390 e. The van der Waals surface area contributed by atoms with Crippen molar-refractivity contribution in [2.24, 2.45) is 11.5 Å². The highest BCUT2D eigenvalue weighted by atomic mass is 16.3. The van der Waals surface area contributed by atoms with Gasteiger partial charge in [0.05, 0.1) is 12.5 Å². The second-order valence-electron chi connectivity index (χ2n) is 3.92. The summed E-state index contributed by atoms with van der Waals surface area (Å²) in [6.07, 6.45) is -1.97. The Hall–Kier alpha value is -1.43. The third-order valence-electron chi connectivity index (χ3n) is 2.56. The van der Waals surface area contributed by atoms with Gasteiger partial charge in [0.2, 0.25) is 5.91 Å². The van der Waals surface area contributed by atoms with E-state index in [1.54, 1.807) is 12.1 Å². The van der Waals surface area contributed by atoms with Crippen molar-refractivity contribution in [2.75, 3.05) is 6.54 Å². The number of carbonyl (C=O) groups excluding carboxylic acids is 1. The molecule has 5 heteroatoms. The van der Waals surface area contributed by atoms with Crippen molar-refractivity contribution >= 4 is 5.91 Å². The van der Waals surface area contributed by atoms with E-state index in [-0.39, 0.29) is 6.42 Å². The summed E-state index contributed by atoms with van der Waals surface area (Å²) in [7, 11) is 0. The maximum absolute atomic E-state index is 10.7. The van der Waals surface area contributed by atoms with Gasteiger partial charge in [0.15, 0.2) is 0 Å². The summed E-state index contributed by atoms with van der Waals surface area (Å²) in [5.74, 6) is -0.646. The van der Waals surface area contributed by atoms with Crippen LogP contribution in [0.2, 0.25) is 0 Å². The van der Waals surface area contributed by atoms with E-state index < -0.39 is 18.1 Å². The van der Waals surface area contributed by atoms with Crippen LogP contribution in [0.3, 0.4) is 0 Å². The van der Waals surface area contributed by atoms with E-state index >= 15 is 0 Å². The molecule has 0 fully saturated rings. The Morgan fingerprint density at radius 1 is 1.29 bits per heavy atom. The predicted molar refractivity (Wildman–Crippen MR) is 64.0 cm³/mol. The standard InChI is InChI=1S/C12H18N2O3/c13-6-5-8-3-1-2-4-9(8)12(17)10(15)7-11(14)16/h1-4,10,12,15,17H,5-7,13H2,(H2,14,16). The van der Waals surface area contributed by atoms with Crippen LogP contribution in [0.1, 0.15) is 23.7 Å². The highest BCUT2D eigenvalue weighted by Gasteiger charge is 2.22. The zero-order valence-electron chi connectivity index (χ0n) is 9.54. The van der Waals surface area contributed by atoms with Crippen LogP contribution < -0.4 is 11.5 Å². The van der Waals surface area contributed by atoms with Crippen molar-refractivity contribution in [1.82, 2.24) is 0 Å². The summed E-state index contributed by atoms with van der Waals surface area (Å²) in [6, 6.07) is 7.14. The Kier molecular flexibility index (Phi) is 5.09. The van der Waals surface area contributed by atoms with Gasteiger partial charge in [-0.1, -0.05) is 24.3 Å². The first-order chi connectivity index (χ1) is 8.06. The van der Waals surface area contributed by atoms with E-state index in [0.29, 0.717) is 18.5 Å². The van der Waals surface area contributed by atoms with Crippen molar-refractivity contribution in [2.45, 2.75) is 25.0 Å². The fourth-order valence-corrected chi connectivity index (χ4v) is 1.73. The van der Waals surface area contributed by atoms with Crippen LogP contribution in [0.15, 0.2) is 24.3 Å². The maximum Gasteiger partial charge on any atom is 0.220 e. The summed E-state index contributed by atoms with van der Waals surface area (Å²) < 4.78 is 0. The van der Waals surface area contributed by atoms with Gasteiger partial charge in [-0.25, -0.2) is 0 Å². The van der Waals surface area contributed by atoms with Gasteiger partial charge >= 0.3 is 0 Å². The highest BCUT2D eigenvalue weighted by molar-refractivity contribution is 5.74. The van der Waals surface area contributed by atoms with Gasteiger partial charge < -0.3 is 21.7 Å². The smallest absolute Gasteiger partial charge is 0.220 e. The number of aliphatic hydroxyl groups is 2. The molecule has 0 aromatic heterocycles. The van der Waals surface area contributed by atoms with E-state index in [4.69, 9.17) is 11.5 Å². The molecule has 5 nitrogen and oxygen atoms in total. The molecule has 1 rings (SSSR count). The average Bonchev–Trinajstić information content (AvgIpc) is 2.28. The molecule has 0 aliphatic carbocycles. The van der Waals surface area contributed by atoms with E-state index in [2.05, 4.69) is 0 Å². The molecule has 0 aliphatic heterocycles. The number of hydrogen-bond donors (Lipinski definition) is 4. The van der Waals surface area contributed by atoms with Crippen molar-refractivity contribution in [3.63, 3.8) is 0 Å². The van der Waals surface area contributed by atoms with Crippen LogP contribution in [0.5, 0.6) is 0 Å². The molecule has 94 valence electrons. The number of hydrogen-bond acceptors (Lipinski definition) is 4. The molecule has 0 spiro atoms. The van der Waals surface area contributed by atoms with Gasteiger partial charge in [0.1, 0.15) is 6.10 Å². The minimum absolute atomic E-state index is 0.266. The van der Waals surface area contributed by atoms with Crippen molar-refractivity contribution in [3.05, 3.63) is 35.4 Å². The lowest BCUT2D eigenvalue weighted by Gasteiger charge is -2.19. The zero-order chi connectivity index (χ0) is 12.8. The fourth-order valence-electron chi connectivity index (χ4n) is 1.73. The molecule has 0 bridgehead atoms. The first-order valence-electron chi connectivity index (χ1n) is 5.48. The number of amides is 1. The van der Waals surface area contributed by atoms with Gasteiger partial charge in [-0.05, 0) is 24.1 Å². The number of primary amides is 1. The monoisotopic (exact) mass is 238 g/mol. The minimum atomic E-state index is -1.19. The highest BCUT2D eigenvalue weighted by Crippen LogP contribution is 2.22. The predicted octanol–water partition coefficient (Wildman–Crippen LogP) is -0.542. The SMILES string of the molecule is NCCc1ccccc1C(O)C(O)CC(N)=O. The molecule has 2 unspecified atom stereocenters. The lowest BCUT2D eigenvalue weighted by Crippen LogP contribution is -2.26. The third-order valence-corrected chi connectivity index (χ3v) is 2.56. The normalized spacial score (nSPS) is 14.3. The first-order valence-corrected chi connectivity index (χ1v) is 5.48. The molecule has 0 saturated heterocycles. The lowest BCUT2D eigenvalue weighted by molar-refractivity contribution is -0.121. The molecule has 0 saturated carbocycles. The van der Waals surface area contributed by atoms with E-state index in [1.165, 1.54) is 0 Å². The molecule has 2 atom stereocenters. The molecule has 0 aliphatic rings. The van der Waals surface area contributed by atoms with Crippen molar-refractivity contribution in [3.8, 4) is 0 Å². The third kappa shape index (κ3) is 3.81. The van der Waals surface area contributed by atoms with Gasteiger partial charge in [-0.2, -0.15) is 0 Å². The summed E-state index contributed by atoms with van der Waals surface area (Å²) in [4.78, 5) is 10.7. The molecule has 1 aromatic rings. The fraction of sp³-hybridized carbons (Fsp3) is 0.417. The molecule has 1 aromatic carbocycles. The number of carbonyl (C=O) groups is 1. The molecule has 6 N–H and O–H groups in total. The van der Waals surface area contributed by atoms with E-state index in [1.807, 2.05) is 12.1 Å². The second-order valence-corrected chi connectivity index (χ2v) is 3.92. The molecule has 0 radical (unpaired) electrons. The number of benzene rings is 1.